The summed E-state index contributed by atoms with van der Waals surface area (Å²) < 4.78 is 1.48. The number of hydrogen-bond acceptors (Lipinski definition) is 0. The van der Waals surface area contributed by atoms with Crippen LogP contribution in [0.4, 0.5) is 0 Å². The van der Waals surface area contributed by atoms with Gasteiger partial charge in [0.2, 0.25) is 0 Å². The summed E-state index contributed by atoms with van der Waals surface area (Å²) in [6, 6.07) is 0. The Balaban J connectivity index is 2.46. The molecule has 1 saturated carbocycles. The second kappa shape index (κ2) is 4.70. The van der Waals surface area contributed by atoms with Gasteiger partial charge in [0.1, 0.15) is 0 Å². The van der Waals surface area contributed by atoms with Gasteiger partial charge < -0.3 is 0 Å². The molecule has 0 heterocycles. The van der Waals surface area contributed by atoms with E-state index in [1.807, 2.05) is 0 Å². The molecular formula is C7H11ClI2. The molecule has 10 heavy (non-hydrogen) atoms. The van der Waals surface area contributed by atoms with Gasteiger partial charge in [0.25, 0.3) is 0 Å². The monoisotopic (exact) mass is 384 g/mol. The normalized spacial score (nSPS) is 42.9. The molecule has 3 unspecified atom stereocenters. The second-order valence-electron chi connectivity index (χ2n) is 2.76. The van der Waals surface area contributed by atoms with E-state index in [1.165, 1.54) is 25.7 Å². The standard InChI is InChI=1S/C7H11ClI2/c8-5-3-1-2-4-6(9)7(5)10/h5-7H,1-4H2. The van der Waals surface area contributed by atoms with E-state index in [1.54, 1.807) is 0 Å². The summed E-state index contributed by atoms with van der Waals surface area (Å²) in [7, 11) is 0. The third-order valence-electron chi connectivity index (χ3n) is 1.90. The van der Waals surface area contributed by atoms with Crippen LogP contribution in [0.1, 0.15) is 25.7 Å². The van der Waals surface area contributed by atoms with E-state index in [0.717, 1.165) is 3.92 Å². The molecule has 0 saturated heterocycles. The van der Waals surface area contributed by atoms with Crippen LogP contribution < -0.4 is 0 Å². The maximum atomic E-state index is 6.15. The molecule has 1 rings (SSSR count). The van der Waals surface area contributed by atoms with Crippen molar-refractivity contribution in [3.63, 3.8) is 0 Å². The van der Waals surface area contributed by atoms with Crippen LogP contribution in [0.2, 0.25) is 0 Å². The molecule has 3 atom stereocenters. The van der Waals surface area contributed by atoms with Crippen LogP contribution in [0.15, 0.2) is 0 Å². The lowest BCUT2D eigenvalue weighted by atomic mass is 10.2. The lowest BCUT2D eigenvalue weighted by Crippen LogP contribution is -2.21. The Bertz CT molecular complexity index is 95.8. The number of alkyl halides is 3. The smallest absolute Gasteiger partial charge is 0.0463 e. The van der Waals surface area contributed by atoms with E-state index in [9.17, 15) is 0 Å². The Morgan fingerprint density at radius 3 is 2.40 bits per heavy atom. The molecule has 0 aliphatic heterocycles. The van der Waals surface area contributed by atoms with E-state index in [-0.39, 0.29) is 0 Å². The van der Waals surface area contributed by atoms with Crippen LogP contribution in [-0.2, 0) is 0 Å². The van der Waals surface area contributed by atoms with E-state index in [4.69, 9.17) is 11.6 Å². The Kier molecular flexibility index (Phi) is 4.62. The third kappa shape index (κ3) is 2.66. The summed E-state index contributed by atoms with van der Waals surface area (Å²) in [4.78, 5) is 0. The average Bonchev–Trinajstić information content (AvgIpc) is 2.04. The van der Waals surface area contributed by atoms with Gasteiger partial charge in [-0.2, -0.15) is 0 Å². The Hall–Kier alpha value is 1.75. The molecule has 0 radical (unpaired) electrons. The minimum absolute atomic E-state index is 0.421. The number of rotatable bonds is 0. The van der Waals surface area contributed by atoms with Gasteiger partial charge in [0, 0.05) is 13.2 Å². The van der Waals surface area contributed by atoms with Gasteiger partial charge in [-0.05, 0) is 12.8 Å². The maximum Gasteiger partial charge on any atom is 0.0463 e. The van der Waals surface area contributed by atoms with Gasteiger partial charge in [-0.1, -0.05) is 58.0 Å². The average molecular weight is 384 g/mol. The van der Waals surface area contributed by atoms with Gasteiger partial charge in [-0.25, -0.2) is 0 Å². The minimum Gasteiger partial charge on any atom is -0.122 e. The zero-order chi connectivity index (χ0) is 7.56. The molecule has 0 amide bonds. The summed E-state index contributed by atoms with van der Waals surface area (Å²) in [6.45, 7) is 0. The Labute approximate surface area is 94.8 Å². The third-order valence-corrected chi connectivity index (χ3v) is 7.33. The van der Waals surface area contributed by atoms with E-state index in [2.05, 4.69) is 45.2 Å². The second-order valence-corrected chi connectivity index (χ2v) is 6.36. The molecule has 0 aromatic carbocycles. The molecule has 1 fully saturated rings. The molecule has 3 heteroatoms. The van der Waals surface area contributed by atoms with Gasteiger partial charge in [-0.15, -0.1) is 11.6 Å². The fourth-order valence-electron chi connectivity index (χ4n) is 1.22. The van der Waals surface area contributed by atoms with Gasteiger partial charge in [0.05, 0.1) is 0 Å². The highest BCUT2D eigenvalue weighted by Crippen LogP contribution is 2.32. The van der Waals surface area contributed by atoms with Gasteiger partial charge >= 0.3 is 0 Å². The largest absolute Gasteiger partial charge is 0.122 e. The molecule has 0 N–H and O–H groups in total. The number of halogens is 3. The highest BCUT2D eigenvalue weighted by Gasteiger charge is 2.25. The lowest BCUT2D eigenvalue weighted by molar-refractivity contribution is 0.709. The summed E-state index contributed by atoms with van der Waals surface area (Å²) >= 11 is 11.2. The van der Waals surface area contributed by atoms with Crippen LogP contribution in [0.3, 0.4) is 0 Å². The van der Waals surface area contributed by atoms with Crippen LogP contribution in [0.5, 0.6) is 0 Å². The topological polar surface area (TPSA) is 0 Å². The zero-order valence-corrected chi connectivity index (χ0v) is 10.8. The lowest BCUT2D eigenvalue weighted by Gasteiger charge is -2.16. The van der Waals surface area contributed by atoms with Crippen LogP contribution in [-0.4, -0.2) is 13.2 Å². The quantitative estimate of drug-likeness (QED) is 0.339. The first-order valence-corrected chi connectivity index (χ1v) is 6.57. The molecule has 1 aliphatic rings. The van der Waals surface area contributed by atoms with Crippen molar-refractivity contribution in [2.24, 2.45) is 0 Å². The molecule has 1 aliphatic carbocycles. The van der Waals surface area contributed by atoms with Gasteiger partial charge in [0.15, 0.2) is 0 Å². The van der Waals surface area contributed by atoms with Crippen molar-refractivity contribution in [1.82, 2.24) is 0 Å². The molecule has 0 nitrogen and oxygen atoms in total. The van der Waals surface area contributed by atoms with E-state index >= 15 is 0 Å². The van der Waals surface area contributed by atoms with Crippen LogP contribution in [0, 0.1) is 0 Å². The molecule has 0 aromatic heterocycles. The van der Waals surface area contributed by atoms with E-state index in [0.29, 0.717) is 9.30 Å². The number of hydrogen-bond donors (Lipinski definition) is 0. The highest BCUT2D eigenvalue weighted by atomic mass is 127. The van der Waals surface area contributed by atoms with Gasteiger partial charge in [-0.3, -0.25) is 0 Å². The molecule has 0 aromatic rings. The summed E-state index contributed by atoms with van der Waals surface area (Å²) in [5, 5.41) is 0.421. The summed E-state index contributed by atoms with van der Waals surface area (Å²) in [5.74, 6) is 0. The van der Waals surface area contributed by atoms with Crippen molar-refractivity contribution in [1.29, 1.82) is 0 Å². The molecular weight excluding hydrogens is 373 g/mol. The van der Waals surface area contributed by atoms with Crippen molar-refractivity contribution in [2.75, 3.05) is 0 Å². The van der Waals surface area contributed by atoms with Crippen molar-refractivity contribution in [3.8, 4) is 0 Å². The summed E-state index contributed by atoms with van der Waals surface area (Å²) in [6.07, 6.45) is 5.27. The first kappa shape index (κ1) is 9.84. The zero-order valence-electron chi connectivity index (χ0n) is 5.69. The van der Waals surface area contributed by atoms with Crippen LogP contribution >= 0.6 is 56.8 Å². The predicted octanol–water partition coefficient (Wildman–Crippen LogP) is 3.78. The highest BCUT2D eigenvalue weighted by molar-refractivity contribution is 14.1. The molecule has 60 valence electrons. The molecule has 0 spiro atoms. The fourth-order valence-corrected chi connectivity index (χ4v) is 3.46. The Morgan fingerprint density at radius 2 is 1.70 bits per heavy atom. The first-order chi connectivity index (χ1) is 4.72. The minimum atomic E-state index is 0.421. The van der Waals surface area contributed by atoms with Crippen molar-refractivity contribution in [2.45, 2.75) is 38.9 Å². The van der Waals surface area contributed by atoms with Crippen molar-refractivity contribution >= 4 is 56.8 Å². The Morgan fingerprint density at radius 1 is 1.10 bits per heavy atom. The van der Waals surface area contributed by atoms with Crippen LogP contribution in [0.25, 0.3) is 0 Å². The van der Waals surface area contributed by atoms with Crippen molar-refractivity contribution < 1.29 is 0 Å². The predicted molar refractivity (Wildman–Crippen MR) is 63.7 cm³/mol. The SMILES string of the molecule is ClC1CCCCC(I)C1I. The van der Waals surface area contributed by atoms with E-state index < -0.39 is 0 Å². The van der Waals surface area contributed by atoms with Crippen molar-refractivity contribution in [3.05, 3.63) is 0 Å². The maximum absolute atomic E-state index is 6.15. The fraction of sp³-hybridized carbons (Fsp3) is 1.00. The first-order valence-electron chi connectivity index (χ1n) is 3.64. The molecule has 0 bridgehead atoms. The summed E-state index contributed by atoms with van der Waals surface area (Å²) in [5.41, 5.74) is 0.